The lowest BCUT2D eigenvalue weighted by molar-refractivity contribution is 0.985. The van der Waals surface area contributed by atoms with E-state index in [1.807, 2.05) is 24.3 Å². The predicted octanol–water partition coefficient (Wildman–Crippen LogP) is 2.96. The van der Waals surface area contributed by atoms with Gasteiger partial charge in [-0.3, -0.25) is 4.79 Å². The van der Waals surface area contributed by atoms with Gasteiger partial charge in [0.1, 0.15) is 0 Å². The number of hydrogen-bond acceptors (Lipinski definition) is 2. The molecule has 0 atom stereocenters. The fourth-order valence-corrected chi connectivity index (χ4v) is 1.98. The van der Waals surface area contributed by atoms with Crippen LogP contribution in [0.2, 0.25) is 0 Å². The van der Waals surface area contributed by atoms with Crippen molar-refractivity contribution in [3.05, 3.63) is 49.6 Å². The highest BCUT2D eigenvalue weighted by molar-refractivity contribution is 9.10. The van der Waals surface area contributed by atoms with E-state index in [9.17, 15) is 4.79 Å². The zero-order chi connectivity index (χ0) is 10.8. The third kappa shape index (κ3) is 2.18. The van der Waals surface area contributed by atoms with E-state index in [2.05, 4.69) is 42.1 Å². The Balaban J connectivity index is 2.60. The van der Waals surface area contributed by atoms with E-state index in [4.69, 9.17) is 0 Å². The van der Waals surface area contributed by atoms with Crippen LogP contribution < -0.4 is 5.56 Å². The third-order valence-corrected chi connectivity index (χ3v) is 3.19. The van der Waals surface area contributed by atoms with Crippen LogP contribution in [0.5, 0.6) is 0 Å². The molecule has 0 spiro atoms. The number of aromatic amines is 1. The highest BCUT2D eigenvalue weighted by atomic mass is 79.9. The molecule has 0 saturated carbocycles. The number of nitrogens with one attached hydrogen (secondary N) is 1. The van der Waals surface area contributed by atoms with Crippen LogP contribution in [0.3, 0.4) is 0 Å². The molecule has 0 radical (unpaired) electrons. The van der Waals surface area contributed by atoms with Crippen LogP contribution in [0.15, 0.2) is 44.1 Å². The number of H-pyrrole nitrogens is 1. The van der Waals surface area contributed by atoms with Crippen molar-refractivity contribution in [2.45, 2.75) is 0 Å². The lowest BCUT2D eigenvalue weighted by atomic mass is 10.1. The first-order chi connectivity index (χ1) is 7.18. The summed E-state index contributed by atoms with van der Waals surface area (Å²) in [6, 6.07) is 9.39. The second-order valence-electron chi connectivity index (χ2n) is 2.91. The maximum absolute atomic E-state index is 11.1. The highest BCUT2D eigenvalue weighted by Crippen LogP contribution is 2.26. The summed E-state index contributed by atoms with van der Waals surface area (Å²) in [5.74, 6) is 0. The molecule has 0 fully saturated rings. The molecule has 0 unspecified atom stereocenters. The largest absolute Gasteiger partial charge is 0.278 e. The summed E-state index contributed by atoms with van der Waals surface area (Å²) < 4.78 is 1.42. The molecule has 1 heterocycles. The van der Waals surface area contributed by atoms with Crippen LogP contribution in [0.4, 0.5) is 0 Å². The van der Waals surface area contributed by atoms with Crippen LogP contribution in [-0.2, 0) is 0 Å². The van der Waals surface area contributed by atoms with Crippen LogP contribution >= 0.6 is 31.9 Å². The summed E-state index contributed by atoms with van der Waals surface area (Å²) in [7, 11) is 0. The van der Waals surface area contributed by atoms with Gasteiger partial charge in [0, 0.05) is 10.0 Å². The smallest absolute Gasteiger partial charge is 0.267 e. The van der Waals surface area contributed by atoms with Crippen molar-refractivity contribution >= 4 is 31.9 Å². The third-order valence-electron chi connectivity index (χ3n) is 1.91. The summed E-state index contributed by atoms with van der Waals surface area (Å²) in [5, 5.41) is 6.39. The average molecular weight is 330 g/mol. The number of nitrogens with zero attached hydrogens (tertiary/aromatic N) is 1. The lowest BCUT2D eigenvalue weighted by Crippen LogP contribution is -2.08. The Labute approximate surface area is 103 Å². The Morgan fingerprint density at radius 3 is 2.53 bits per heavy atom. The van der Waals surface area contributed by atoms with Crippen molar-refractivity contribution in [1.82, 2.24) is 10.2 Å². The Kier molecular flexibility index (Phi) is 3.02. The quantitative estimate of drug-likeness (QED) is 0.874. The number of halogens is 2. The van der Waals surface area contributed by atoms with Gasteiger partial charge in [-0.15, -0.1) is 0 Å². The fourth-order valence-electron chi connectivity index (χ4n) is 1.19. The van der Waals surface area contributed by atoms with Crippen molar-refractivity contribution in [3.8, 4) is 11.3 Å². The molecule has 0 saturated heterocycles. The minimum Gasteiger partial charge on any atom is -0.267 e. The molecular formula is C10H6Br2N2O. The van der Waals surface area contributed by atoms with Crippen molar-refractivity contribution in [2.24, 2.45) is 0 Å². The monoisotopic (exact) mass is 328 g/mol. The highest BCUT2D eigenvalue weighted by Gasteiger charge is 2.05. The van der Waals surface area contributed by atoms with Gasteiger partial charge in [0.15, 0.2) is 0 Å². The van der Waals surface area contributed by atoms with E-state index in [0.29, 0.717) is 10.2 Å². The number of aromatic nitrogens is 2. The van der Waals surface area contributed by atoms with Gasteiger partial charge >= 0.3 is 0 Å². The molecule has 0 aliphatic heterocycles. The van der Waals surface area contributed by atoms with E-state index >= 15 is 0 Å². The maximum Gasteiger partial charge on any atom is 0.278 e. The van der Waals surface area contributed by atoms with Gasteiger partial charge in [0.05, 0.1) is 10.2 Å². The van der Waals surface area contributed by atoms with Gasteiger partial charge in [-0.25, -0.2) is 5.10 Å². The first-order valence-electron chi connectivity index (χ1n) is 4.18. The minimum absolute atomic E-state index is 0.231. The van der Waals surface area contributed by atoms with Gasteiger partial charge in [-0.05, 0) is 28.1 Å². The zero-order valence-electron chi connectivity index (χ0n) is 7.50. The van der Waals surface area contributed by atoms with Crippen molar-refractivity contribution in [3.63, 3.8) is 0 Å². The van der Waals surface area contributed by atoms with Crippen molar-refractivity contribution in [1.29, 1.82) is 0 Å². The topological polar surface area (TPSA) is 45.8 Å². The van der Waals surface area contributed by atoms with E-state index in [0.717, 1.165) is 10.0 Å². The molecule has 0 bridgehead atoms. The molecule has 0 amide bonds. The molecule has 0 aliphatic carbocycles. The van der Waals surface area contributed by atoms with E-state index in [1.54, 1.807) is 6.07 Å². The molecule has 76 valence electrons. The first kappa shape index (κ1) is 10.6. The van der Waals surface area contributed by atoms with E-state index < -0.39 is 0 Å². The van der Waals surface area contributed by atoms with Crippen LogP contribution in [0, 0.1) is 0 Å². The number of benzene rings is 1. The summed E-state index contributed by atoms with van der Waals surface area (Å²) >= 11 is 6.60. The van der Waals surface area contributed by atoms with Crippen molar-refractivity contribution in [2.75, 3.05) is 0 Å². The maximum atomic E-state index is 11.1. The zero-order valence-corrected chi connectivity index (χ0v) is 10.7. The van der Waals surface area contributed by atoms with Gasteiger partial charge < -0.3 is 0 Å². The van der Waals surface area contributed by atoms with Crippen LogP contribution in [0.25, 0.3) is 11.3 Å². The second-order valence-corrected chi connectivity index (χ2v) is 4.62. The first-order valence-corrected chi connectivity index (χ1v) is 5.77. The summed E-state index contributed by atoms with van der Waals surface area (Å²) in [4.78, 5) is 11.1. The minimum atomic E-state index is -0.231. The fraction of sp³-hybridized carbons (Fsp3) is 0. The molecule has 2 aromatic rings. The summed E-state index contributed by atoms with van der Waals surface area (Å²) in [6.45, 7) is 0. The Morgan fingerprint density at radius 1 is 1.13 bits per heavy atom. The summed E-state index contributed by atoms with van der Waals surface area (Å²) in [6.07, 6.45) is 0. The Bertz CT molecular complexity index is 551. The van der Waals surface area contributed by atoms with Crippen LogP contribution in [-0.4, -0.2) is 10.2 Å². The number of hydrogen-bond donors (Lipinski definition) is 1. The Hall–Kier alpha value is -0.940. The average Bonchev–Trinajstić information content (AvgIpc) is 2.23. The molecule has 1 aromatic carbocycles. The molecule has 15 heavy (non-hydrogen) atoms. The van der Waals surface area contributed by atoms with Gasteiger partial charge in [0.25, 0.3) is 5.56 Å². The SMILES string of the molecule is O=c1[nH]nc(-c2ccccc2Br)cc1Br. The Morgan fingerprint density at radius 2 is 1.87 bits per heavy atom. The normalized spacial score (nSPS) is 10.3. The number of rotatable bonds is 1. The predicted molar refractivity (Wildman–Crippen MR) is 65.7 cm³/mol. The molecule has 5 heteroatoms. The van der Waals surface area contributed by atoms with Gasteiger partial charge in [-0.1, -0.05) is 34.1 Å². The lowest BCUT2D eigenvalue weighted by Gasteiger charge is -2.02. The molecular weight excluding hydrogens is 324 g/mol. The van der Waals surface area contributed by atoms with E-state index in [-0.39, 0.29) is 5.56 Å². The van der Waals surface area contributed by atoms with E-state index in [1.165, 1.54) is 0 Å². The summed E-state index contributed by atoms with van der Waals surface area (Å²) in [5.41, 5.74) is 1.43. The molecule has 2 rings (SSSR count). The molecule has 0 aliphatic rings. The molecule has 1 N–H and O–H groups in total. The van der Waals surface area contributed by atoms with Crippen LogP contribution in [0.1, 0.15) is 0 Å². The van der Waals surface area contributed by atoms with Gasteiger partial charge in [-0.2, -0.15) is 5.10 Å². The molecule has 3 nitrogen and oxygen atoms in total. The van der Waals surface area contributed by atoms with Crippen molar-refractivity contribution < 1.29 is 0 Å². The molecule has 1 aromatic heterocycles. The van der Waals surface area contributed by atoms with Gasteiger partial charge in [0.2, 0.25) is 0 Å². The standard InChI is InChI=1S/C10H6Br2N2O/c11-7-4-2-1-3-6(7)9-5-8(12)10(15)14-13-9/h1-5H,(H,14,15). The second kappa shape index (κ2) is 4.28.